The molecular formula is C18H17N3O3S. The second kappa shape index (κ2) is 7.31. The van der Waals surface area contributed by atoms with Crippen molar-refractivity contribution in [3.05, 3.63) is 53.6 Å². The molecule has 0 bridgehead atoms. The van der Waals surface area contributed by atoms with E-state index in [-0.39, 0.29) is 5.91 Å². The maximum atomic E-state index is 12.5. The molecule has 0 aliphatic rings. The smallest absolute Gasteiger partial charge is 0.261 e. The number of aromatic nitrogens is 2. The van der Waals surface area contributed by atoms with E-state index >= 15 is 0 Å². The number of hydrogen-bond acceptors (Lipinski definition) is 6. The predicted octanol–water partition coefficient (Wildman–Crippen LogP) is 3.78. The molecule has 6 nitrogen and oxygen atoms in total. The van der Waals surface area contributed by atoms with Gasteiger partial charge in [0.1, 0.15) is 5.01 Å². The highest BCUT2D eigenvalue weighted by Gasteiger charge is 2.18. The molecule has 3 aromatic rings. The molecule has 0 atom stereocenters. The number of para-hydroxylation sites is 1. The zero-order valence-corrected chi connectivity index (χ0v) is 14.9. The SMILES string of the molecule is COc1cccc(C(=O)Nc2nnc(-c3ccc(C)cc3)s2)c1OC. The standard InChI is InChI=1S/C18H17N3O3S/c1-11-7-9-12(10-8-11)17-20-21-18(25-17)19-16(22)13-5-4-6-14(23-2)15(13)24-3/h4-10H,1-3H3,(H,19,21,22). The monoisotopic (exact) mass is 355 g/mol. The molecule has 3 rings (SSSR count). The van der Waals surface area contributed by atoms with Crippen LogP contribution in [0.1, 0.15) is 15.9 Å². The van der Waals surface area contributed by atoms with E-state index in [0.717, 1.165) is 10.6 Å². The number of hydrogen-bond donors (Lipinski definition) is 1. The molecule has 0 radical (unpaired) electrons. The number of benzene rings is 2. The van der Waals surface area contributed by atoms with Gasteiger partial charge in [-0.3, -0.25) is 10.1 Å². The summed E-state index contributed by atoms with van der Waals surface area (Å²) in [4.78, 5) is 12.5. The highest BCUT2D eigenvalue weighted by molar-refractivity contribution is 7.18. The Labute approximate surface area is 149 Å². The van der Waals surface area contributed by atoms with Gasteiger partial charge in [-0.25, -0.2) is 0 Å². The Hall–Kier alpha value is -2.93. The molecule has 0 saturated heterocycles. The van der Waals surface area contributed by atoms with Crippen molar-refractivity contribution in [1.82, 2.24) is 10.2 Å². The van der Waals surface area contributed by atoms with Gasteiger partial charge in [0.05, 0.1) is 19.8 Å². The first-order chi connectivity index (χ1) is 12.1. The maximum absolute atomic E-state index is 12.5. The highest BCUT2D eigenvalue weighted by Crippen LogP contribution is 2.32. The van der Waals surface area contributed by atoms with Crippen LogP contribution in [0.2, 0.25) is 0 Å². The van der Waals surface area contributed by atoms with Gasteiger partial charge in [-0.1, -0.05) is 47.2 Å². The number of anilines is 1. The number of rotatable bonds is 5. The largest absolute Gasteiger partial charge is 0.493 e. The number of carbonyl (C=O) groups is 1. The zero-order chi connectivity index (χ0) is 17.8. The molecule has 0 saturated carbocycles. The summed E-state index contributed by atoms with van der Waals surface area (Å²) in [5.41, 5.74) is 2.50. The Morgan fingerprint density at radius 1 is 1.04 bits per heavy atom. The summed E-state index contributed by atoms with van der Waals surface area (Å²) in [6.07, 6.45) is 0. The third kappa shape index (κ3) is 3.61. The maximum Gasteiger partial charge on any atom is 0.261 e. The van der Waals surface area contributed by atoms with E-state index in [1.165, 1.54) is 31.1 Å². The number of nitrogens with one attached hydrogen (secondary N) is 1. The van der Waals surface area contributed by atoms with Gasteiger partial charge in [0, 0.05) is 5.56 Å². The van der Waals surface area contributed by atoms with Crippen molar-refractivity contribution in [2.24, 2.45) is 0 Å². The summed E-state index contributed by atoms with van der Waals surface area (Å²) in [5.74, 6) is 0.542. The molecule has 2 aromatic carbocycles. The van der Waals surface area contributed by atoms with Crippen molar-refractivity contribution in [2.75, 3.05) is 19.5 Å². The number of carbonyl (C=O) groups excluding carboxylic acids is 1. The van der Waals surface area contributed by atoms with E-state index in [9.17, 15) is 4.79 Å². The van der Waals surface area contributed by atoms with Crippen LogP contribution in [0.5, 0.6) is 11.5 Å². The predicted molar refractivity (Wildman–Crippen MR) is 97.6 cm³/mol. The molecule has 25 heavy (non-hydrogen) atoms. The second-order valence-corrected chi connectivity index (χ2v) is 6.25. The molecule has 0 unspecified atom stereocenters. The van der Waals surface area contributed by atoms with Gasteiger partial charge < -0.3 is 9.47 Å². The van der Waals surface area contributed by atoms with Crippen LogP contribution in [-0.2, 0) is 0 Å². The first-order valence-corrected chi connectivity index (χ1v) is 8.37. The summed E-state index contributed by atoms with van der Waals surface area (Å²) < 4.78 is 10.5. The third-order valence-corrected chi connectivity index (χ3v) is 4.48. The van der Waals surface area contributed by atoms with Crippen LogP contribution in [0.3, 0.4) is 0 Å². The number of ether oxygens (including phenoxy) is 2. The van der Waals surface area contributed by atoms with E-state index in [0.29, 0.717) is 22.2 Å². The van der Waals surface area contributed by atoms with Gasteiger partial charge in [0.2, 0.25) is 5.13 Å². The van der Waals surface area contributed by atoms with Crippen molar-refractivity contribution in [3.63, 3.8) is 0 Å². The van der Waals surface area contributed by atoms with Crippen LogP contribution >= 0.6 is 11.3 Å². The minimum atomic E-state index is -0.331. The molecule has 1 N–H and O–H groups in total. The molecule has 7 heteroatoms. The Morgan fingerprint density at radius 3 is 2.48 bits per heavy atom. The van der Waals surface area contributed by atoms with Crippen LogP contribution < -0.4 is 14.8 Å². The lowest BCUT2D eigenvalue weighted by Gasteiger charge is -2.11. The highest BCUT2D eigenvalue weighted by atomic mass is 32.1. The first-order valence-electron chi connectivity index (χ1n) is 7.55. The van der Waals surface area contributed by atoms with Crippen LogP contribution in [0.25, 0.3) is 10.6 Å². The van der Waals surface area contributed by atoms with E-state index < -0.39 is 0 Å². The quantitative estimate of drug-likeness (QED) is 0.754. The number of nitrogens with zero attached hydrogens (tertiary/aromatic N) is 2. The molecule has 1 aromatic heterocycles. The Bertz CT molecular complexity index is 891. The topological polar surface area (TPSA) is 73.3 Å². The molecule has 1 heterocycles. The normalized spacial score (nSPS) is 10.4. The summed E-state index contributed by atoms with van der Waals surface area (Å²) in [7, 11) is 3.02. The van der Waals surface area contributed by atoms with Crippen molar-refractivity contribution in [2.45, 2.75) is 6.92 Å². The molecule has 0 spiro atoms. The van der Waals surface area contributed by atoms with Crippen molar-refractivity contribution < 1.29 is 14.3 Å². The van der Waals surface area contributed by atoms with E-state index in [2.05, 4.69) is 15.5 Å². The molecule has 0 fully saturated rings. The lowest BCUT2D eigenvalue weighted by atomic mass is 10.1. The zero-order valence-electron chi connectivity index (χ0n) is 14.1. The van der Waals surface area contributed by atoms with Crippen molar-refractivity contribution in [1.29, 1.82) is 0 Å². The molecule has 1 amide bonds. The second-order valence-electron chi connectivity index (χ2n) is 5.27. The van der Waals surface area contributed by atoms with Crippen LogP contribution in [0, 0.1) is 6.92 Å². The fourth-order valence-electron chi connectivity index (χ4n) is 2.32. The van der Waals surface area contributed by atoms with Gasteiger partial charge in [-0.2, -0.15) is 0 Å². The van der Waals surface area contributed by atoms with Gasteiger partial charge in [-0.05, 0) is 19.1 Å². The van der Waals surface area contributed by atoms with Gasteiger partial charge in [-0.15, -0.1) is 10.2 Å². The summed E-state index contributed by atoms with van der Waals surface area (Å²) in [6.45, 7) is 2.02. The van der Waals surface area contributed by atoms with Gasteiger partial charge >= 0.3 is 0 Å². The fourth-order valence-corrected chi connectivity index (χ4v) is 3.06. The molecule has 128 valence electrons. The summed E-state index contributed by atoms with van der Waals surface area (Å²) in [6, 6.07) is 13.1. The average Bonchev–Trinajstić information content (AvgIpc) is 3.09. The van der Waals surface area contributed by atoms with E-state index in [1.807, 2.05) is 31.2 Å². The van der Waals surface area contributed by atoms with Crippen LogP contribution in [0.4, 0.5) is 5.13 Å². The lowest BCUT2D eigenvalue weighted by molar-refractivity contribution is 0.102. The van der Waals surface area contributed by atoms with Crippen LogP contribution in [0.15, 0.2) is 42.5 Å². The Kier molecular flexibility index (Phi) is 4.95. The third-order valence-electron chi connectivity index (χ3n) is 3.59. The minimum Gasteiger partial charge on any atom is -0.493 e. The van der Waals surface area contributed by atoms with E-state index in [4.69, 9.17) is 9.47 Å². The average molecular weight is 355 g/mol. The molecular weight excluding hydrogens is 338 g/mol. The first kappa shape index (κ1) is 16.9. The summed E-state index contributed by atoms with van der Waals surface area (Å²) >= 11 is 1.31. The molecule has 0 aliphatic heterocycles. The Balaban J connectivity index is 1.82. The van der Waals surface area contributed by atoms with Crippen molar-refractivity contribution >= 4 is 22.4 Å². The lowest BCUT2D eigenvalue weighted by Crippen LogP contribution is -2.13. The minimum absolute atomic E-state index is 0.331. The van der Waals surface area contributed by atoms with Crippen molar-refractivity contribution in [3.8, 4) is 22.1 Å². The van der Waals surface area contributed by atoms with Gasteiger partial charge in [0.25, 0.3) is 5.91 Å². The van der Waals surface area contributed by atoms with Gasteiger partial charge in [0.15, 0.2) is 11.5 Å². The number of methoxy groups -OCH3 is 2. The Morgan fingerprint density at radius 2 is 1.80 bits per heavy atom. The number of amides is 1. The van der Waals surface area contributed by atoms with Crippen LogP contribution in [-0.4, -0.2) is 30.3 Å². The number of aryl methyl sites for hydroxylation is 1. The molecule has 0 aliphatic carbocycles. The fraction of sp³-hybridized carbons (Fsp3) is 0.167. The van der Waals surface area contributed by atoms with E-state index in [1.54, 1.807) is 18.2 Å². The summed E-state index contributed by atoms with van der Waals surface area (Å²) in [5, 5.41) is 12.1.